The van der Waals surface area contributed by atoms with Crippen molar-refractivity contribution >= 4 is 5.78 Å². The zero-order chi connectivity index (χ0) is 6.15. The Morgan fingerprint density at radius 1 is 1.75 bits per heavy atom. The number of ether oxygens (including phenoxy) is 1. The lowest BCUT2D eigenvalue weighted by molar-refractivity contribution is -0.141. The molecule has 0 aromatic carbocycles. The van der Waals surface area contributed by atoms with Gasteiger partial charge >= 0.3 is 0 Å². The summed E-state index contributed by atoms with van der Waals surface area (Å²) in [5.74, 6) is 0.483. The second-order valence-corrected chi connectivity index (χ2v) is 2.23. The molecular weight excluding hydrogens is 104 g/mol. The minimum atomic E-state index is 0.153. The summed E-state index contributed by atoms with van der Waals surface area (Å²) < 4.78 is 4.95. The molecule has 46 valence electrons. The number of hydrogen-bond acceptors (Lipinski definition) is 2. The Hall–Kier alpha value is -0.370. The molecule has 2 nitrogen and oxygen atoms in total. The summed E-state index contributed by atoms with van der Waals surface area (Å²) in [6, 6.07) is 0. The number of carbonyl (C=O) groups excluding carboxylic acids is 1. The predicted octanol–water partition coefficient (Wildman–Crippen LogP) is 0.610. The summed E-state index contributed by atoms with van der Waals surface area (Å²) in [5.41, 5.74) is 0. The van der Waals surface area contributed by atoms with Crippen molar-refractivity contribution in [1.82, 2.24) is 0 Å². The topological polar surface area (TPSA) is 26.3 Å². The first-order valence-electron chi connectivity index (χ1n) is 2.81. The zero-order valence-corrected chi connectivity index (χ0v) is 5.18. The van der Waals surface area contributed by atoms with Crippen LogP contribution in [-0.4, -0.2) is 19.0 Å². The predicted molar refractivity (Wildman–Crippen MR) is 29.6 cm³/mol. The molecule has 0 spiro atoms. The standard InChI is InChI=1S/C6H10O2/c1-4-5(7)3-6(4)8-2/h4,6H,3H2,1-2H3/t4-,6?/m0/s1. The van der Waals surface area contributed by atoms with Gasteiger partial charge in [0.15, 0.2) is 0 Å². The van der Waals surface area contributed by atoms with E-state index in [1.54, 1.807) is 7.11 Å². The molecule has 0 heterocycles. The van der Waals surface area contributed by atoms with Gasteiger partial charge in [0, 0.05) is 19.4 Å². The Morgan fingerprint density at radius 3 is 2.50 bits per heavy atom. The van der Waals surface area contributed by atoms with E-state index in [9.17, 15) is 4.79 Å². The van der Waals surface area contributed by atoms with Crippen molar-refractivity contribution in [3.8, 4) is 0 Å². The van der Waals surface area contributed by atoms with Gasteiger partial charge in [-0.1, -0.05) is 6.92 Å². The molecule has 1 unspecified atom stereocenters. The Bertz CT molecular complexity index is 109. The summed E-state index contributed by atoms with van der Waals surface area (Å²) in [7, 11) is 1.65. The van der Waals surface area contributed by atoms with Crippen LogP contribution in [0.1, 0.15) is 13.3 Å². The Labute approximate surface area is 48.8 Å². The summed E-state index contributed by atoms with van der Waals surface area (Å²) in [4.78, 5) is 10.5. The van der Waals surface area contributed by atoms with Gasteiger partial charge in [0.1, 0.15) is 5.78 Å². The van der Waals surface area contributed by atoms with E-state index >= 15 is 0 Å². The lowest BCUT2D eigenvalue weighted by Gasteiger charge is -2.30. The highest BCUT2D eigenvalue weighted by molar-refractivity contribution is 5.87. The van der Waals surface area contributed by atoms with E-state index in [0.29, 0.717) is 12.2 Å². The van der Waals surface area contributed by atoms with Crippen LogP contribution in [-0.2, 0) is 9.53 Å². The smallest absolute Gasteiger partial charge is 0.140 e. The van der Waals surface area contributed by atoms with Crippen LogP contribution in [0.2, 0.25) is 0 Å². The van der Waals surface area contributed by atoms with Crippen molar-refractivity contribution in [2.24, 2.45) is 5.92 Å². The highest BCUT2D eigenvalue weighted by atomic mass is 16.5. The van der Waals surface area contributed by atoms with Crippen LogP contribution >= 0.6 is 0 Å². The minimum absolute atomic E-state index is 0.153. The molecule has 0 aliphatic heterocycles. The van der Waals surface area contributed by atoms with Gasteiger partial charge in [0.25, 0.3) is 0 Å². The molecule has 1 fully saturated rings. The maximum Gasteiger partial charge on any atom is 0.140 e. The van der Waals surface area contributed by atoms with Crippen molar-refractivity contribution < 1.29 is 9.53 Å². The van der Waals surface area contributed by atoms with E-state index in [1.807, 2.05) is 6.92 Å². The molecular formula is C6H10O2. The Kier molecular flexibility index (Phi) is 1.34. The fourth-order valence-electron chi connectivity index (χ4n) is 0.895. The molecule has 0 aromatic heterocycles. The molecule has 0 aromatic rings. The highest BCUT2D eigenvalue weighted by Crippen LogP contribution is 2.24. The SMILES string of the molecule is COC1CC(=O)[C@@H]1C. The van der Waals surface area contributed by atoms with Gasteiger partial charge in [-0.05, 0) is 0 Å². The average Bonchev–Trinajstić information content (AvgIpc) is 1.81. The Balaban J connectivity index is 2.35. The van der Waals surface area contributed by atoms with Crippen LogP contribution in [0.5, 0.6) is 0 Å². The minimum Gasteiger partial charge on any atom is -0.380 e. The average molecular weight is 114 g/mol. The van der Waals surface area contributed by atoms with Gasteiger partial charge in [-0.2, -0.15) is 0 Å². The van der Waals surface area contributed by atoms with E-state index in [4.69, 9.17) is 4.74 Å². The number of Topliss-reactive ketones (excluding diaryl/α,β-unsaturated/α-hetero) is 1. The molecule has 0 saturated heterocycles. The summed E-state index contributed by atoms with van der Waals surface area (Å²) in [6.07, 6.45) is 0.833. The van der Waals surface area contributed by atoms with E-state index < -0.39 is 0 Å². The maximum absolute atomic E-state index is 10.5. The van der Waals surface area contributed by atoms with Crippen molar-refractivity contribution in [3.05, 3.63) is 0 Å². The number of hydrogen-bond donors (Lipinski definition) is 0. The van der Waals surface area contributed by atoms with E-state index in [0.717, 1.165) is 0 Å². The third-order valence-corrected chi connectivity index (χ3v) is 1.77. The van der Waals surface area contributed by atoms with Gasteiger partial charge in [-0.25, -0.2) is 0 Å². The first-order valence-corrected chi connectivity index (χ1v) is 2.81. The van der Waals surface area contributed by atoms with E-state index in [1.165, 1.54) is 0 Å². The van der Waals surface area contributed by atoms with Crippen LogP contribution in [0.15, 0.2) is 0 Å². The lowest BCUT2D eigenvalue weighted by atomic mass is 9.82. The molecule has 2 heteroatoms. The fraction of sp³-hybridized carbons (Fsp3) is 0.833. The van der Waals surface area contributed by atoms with Gasteiger partial charge < -0.3 is 4.74 Å². The van der Waals surface area contributed by atoms with Crippen LogP contribution in [0.25, 0.3) is 0 Å². The molecule has 1 aliphatic rings. The van der Waals surface area contributed by atoms with Crippen LogP contribution in [0, 0.1) is 5.92 Å². The molecule has 0 N–H and O–H groups in total. The van der Waals surface area contributed by atoms with Gasteiger partial charge in [0.2, 0.25) is 0 Å². The number of carbonyl (C=O) groups is 1. The number of rotatable bonds is 1. The zero-order valence-electron chi connectivity index (χ0n) is 5.18. The third-order valence-electron chi connectivity index (χ3n) is 1.77. The monoisotopic (exact) mass is 114 g/mol. The van der Waals surface area contributed by atoms with Crippen LogP contribution in [0.4, 0.5) is 0 Å². The van der Waals surface area contributed by atoms with Crippen molar-refractivity contribution in [3.63, 3.8) is 0 Å². The first-order chi connectivity index (χ1) is 3.75. The number of methoxy groups -OCH3 is 1. The molecule has 0 bridgehead atoms. The van der Waals surface area contributed by atoms with Gasteiger partial charge in [-0.15, -0.1) is 0 Å². The van der Waals surface area contributed by atoms with E-state index in [-0.39, 0.29) is 12.0 Å². The number of ketones is 1. The quantitative estimate of drug-likeness (QED) is 0.499. The molecule has 1 rings (SSSR count). The van der Waals surface area contributed by atoms with Crippen LogP contribution < -0.4 is 0 Å². The molecule has 1 saturated carbocycles. The second-order valence-electron chi connectivity index (χ2n) is 2.23. The van der Waals surface area contributed by atoms with Crippen molar-refractivity contribution in [1.29, 1.82) is 0 Å². The van der Waals surface area contributed by atoms with Crippen molar-refractivity contribution in [2.45, 2.75) is 19.4 Å². The third kappa shape index (κ3) is 0.650. The normalized spacial score (nSPS) is 37.0. The lowest BCUT2D eigenvalue weighted by Crippen LogP contribution is -2.40. The summed E-state index contributed by atoms with van der Waals surface area (Å²) in [5, 5.41) is 0. The molecule has 1 aliphatic carbocycles. The molecule has 8 heavy (non-hydrogen) atoms. The van der Waals surface area contributed by atoms with E-state index in [2.05, 4.69) is 0 Å². The van der Waals surface area contributed by atoms with Crippen LogP contribution in [0.3, 0.4) is 0 Å². The Morgan fingerprint density at radius 2 is 2.38 bits per heavy atom. The highest BCUT2D eigenvalue weighted by Gasteiger charge is 2.35. The summed E-state index contributed by atoms with van der Waals surface area (Å²) in [6.45, 7) is 1.90. The summed E-state index contributed by atoms with van der Waals surface area (Å²) >= 11 is 0. The van der Waals surface area contributed by atoms with Crippen molar-refractivity contribution in [2.75, 3.05) is 7.11 Å². The first kappa shape index (κ1) is 5.76. The fourth-order valence-corrected chi connectivity index (χ4v) is 0.895. The van der Waals surface area contributed by atoms with Gasteiger partial charge in [0.05, 0.1) is 6.10 Å². The second kappa shape index (κ2) is 1.86. The molecule has 0 radical (unpaired) electrons. The molecule has 2 atom stereocenters. The maximum atomic E-state index is 10.5. The largest absolute Gasteiger partial charge is 0.380 e. The molecule has 0 amide bonds. The van der Waals surface area contributed by atoms with Gasteiger partial charge in [-0.3, -0.25) is 4.79 Å².